The largest absolute Gasteiger partial charge is 0.378 e. The average molecular weight is 427 g/mol. The van der Waals surface area contributed by atoms with Gasteiger partial charge in [-0.25, -0.2) is 0 Å². The maximum atomic E-state index is 13.3. The topological polar surface area (TPSA) is 58.6 Å². The lowest BCUT2D eigenvalue weighted by molar-refractivity contribution is -0.134. The summed E-state index contributed by atoms with van der Waals surface area (Å²) in [6.07, 6.45) is 4.12. The minimum atomic E-state index is -0.504. The highest BCUT2D eigenvalue weighted by Crippen LogP contribution is 2.42. The predicted molar refractivity (Wildman–Crippen MR) is 118 cm³/mol. The van der Waals surface area contributed by atoms with Crippen molar-refractivity contribution in [2.75, 3.05) is 31.6 Å². The number of hydrogen-bond acceptors (Lipinski definition) is 3. The van der Waals surface area contributed by atoms with Crippen molar-refractivity contribution in [3.8, 4) is 0 Å². The Kier molecular flexibility index (Phi) is 6.40. The van der Waals surface area contributed by atoms with Gasteiger partial charge >= 0.3 is 0 Å². The summed E-state index contributed by atoms with van der Waals surface area (Å²) in [5.41, 5.74) is 2.21. The maximum absolute atomic E-state index is 13.3. The molecule has 0 atom stereocenters. The molecule has 6 heteroatoms. The Labute approximate surface area is 182 Å². The third-order valence-electron chi connectivity index (χ3n) is 6.22. The van der Waals surface area contributed by atoms with Gasteiger partial charge in [-0.2, -0.15) is 0 Å². The summed E-state index contributed by atoms with van der Waals surface area (Å²) in [4.78, 5) is 27.5. The van der Waals surface area contributed by atoms with E-state index in [4.69, 9.17) is 16.3 Å². The Morgan fingerprint density at radius 3 is 2.23 bits per heavy atom. The first-order chi connectivity index (χ1) is 14.6. The second-order valence-corrected chi connectivity index (χ2v) is 8.55. The molecular weight excluding hydrogens is 400 g/mol. The smallest absolute Gasteiger partial charge is 0.235 e. The van der Waals surface area contributed by atoms with Gasteiger partial charge in [-0.15, -0.1) is 0 Å². The number of carbonyl (C=O) groups excluding carboxylic acids is 2. The highest BCUT2D eigenvalue weighted by atomic mass is 35.5. The Hall–Kier alpha value is -2.37. The van der Waals surface area contributed by atoms with Crippen molar-refractivity contribution < 1.29 is 14.3 Å². The van der Waals surface area contributed by atoms with Gasteiger partial charge in [0.15, 0.2) is 0 Å². The van der Waals surface area contributed by atoms with E-state index in [1.54, 1.807) is 0 Å². The summed E-state index contributed by atoms with van der Waals surface area (Å²) >= 11 is 6.04. The van der Waals surface area contributed by atoms with Gasteiger partial charge in [0.05, 0.1) is 25.0 Å². The molecule has 4 rings (SSSR count). The number of halogens is 1. The molecule has 0 aromatic heterocycles. The Balaban J connectivity index is 1.42. The molecule has 2 amide bonds. The fourth-order valence-corrected chi connectivity index (χ4v) is 4.58. The number of ether oxygens (including phenoxy) is 1. The second-order valence-electron chi connectivity index (χ2n) is 8.12. The molecule has 0 radical (unpaired) electrons. The van der Waals surface area contributed by atoms with Crippen LogP contribution in [0.1, 0.15) is 36.8 Å². The number of rotatable bonds is 5. The summed E-state index contributed by atoms with van der Waals surface area (Å²) in [7, 11) is 0. The van der Waals surface area contributed by atoms with E-state index in [9.17, 15) is 9.59 Å². The number of anilines is 1. The van der Waals surface area contributed by atoms with Crippen LogP contribution in [0.4, 0.5) is 5.69 Å². The highest BCUT2D eigenvalue weighted by Gasteiger charge is 2.42. The number of hydrogen-bond donors (Lipinski definition) is 1. The first kappa shape index (κ1) is 20.9. The molecule has 2 aromatic carbocycles. The van der Waals surface area contributed by atoms with Crippen molar-refractivity contribution in [2.24, 2.45) is 0 Å². The van der Waals surface area contributed by atoms with E-state index in [1.165, 1.54) is 0 Å². The number of carbonyl (C=O) groups is 2. The van der Waals surface area contributed by atoms with E-state index >= 15 is 0 Å². The van der Waals surface area contributed by atoms with Crippen LogP contribution in [-0.2, 0) is 26.2 Å². The molecule has 1 saturated heterocycles. The summed E-state index contributed by atoms with van der Waals surface area (Å²) < 4.78 is 5.30. The lowest BCUT2D eigenvalue weighted by Crippen LogP contribution is -2.41. The van der Waals surface area contributed by atoms with Crippen LogP contribution >= 0.6 is 11.6 Å². The molecule has 2 fully saturated rings. The van der Waals surface area contributed by atoms with Crippen LogP contribution in [0.2, 0.25) is 5.02 Å². The van der Waals surface area contributed by atoms with Gasteiger partial charge in [0.2, 0.25) is 11.8 Å². The quantitative estimate of drug-likeness (QED) is 0.779. The fourth-order valence-electron chi connectivity index (χ4n) is 4.45. The zero-order valence-corrected chi connectivity index (χ0v) is 17.8. The molecule has 5 nitrogen and oxygen atoms in total. The van der Waals surface area contributed by atoms with Gasteiger partial charge < -0.3 is 15.0 Å². The molecule has 2 aliphatic rings. The van der Waals surface area contributed by atoms with Crippen LogP contribution in [-0.4, -0.2) is 43.0 Å². The van der Waals surface area contributed by atoms with Crippen molar-refractivity contribution in [3.63, 3.8) is 0 Å². The van der Waals surface area contributed by atoms with Crippen LogP contribution in [0.3, 0.4) is 0 Å². The van der Waals surface area contributed by atoms with E-state index in [2.05, 4.69) is 5.32 Å². The lowest BCUT2D eigenvalue weighted by atomic mass is 9.78. The van der Waals surface area contributed by atoms with Gasteiger partial charge in [-0.05, 0) is 48.2 Å². The first-order valence-electron chi connectivity index (χ1n) is 10.6. The molecule has 158 valence electrons. The zero-order valence-electron chi connectivity index (χ0n) is 17.0. The number of nitrogens with one attached hydrogen (secondary N) is 1. The first-order valence-corrected chi connectivity index (χ1v) is 11.0. The SMILES string of the molecule is O=C(Cc1ccc(NC(=O)C2(c3ccc(Cl)cc3)CCCC2)cc1)N1CCOCC1. The number of benzene rings is 2. The number of amides is 2. The van der Waals surface area contributed by atoms with Gasteiger partial charge in [0.25, 0.3) is 0 Å². The van der Waals surface area contributed by atoms with E-state index < -0.39 is 5.41 Å². The molecule has 1 heterocycles. The van der Waals surface area contributed by atoms with Crippen molar-refractivity contribution in [3.05, 3.63) is 64.7 Å². The summed E-state index contributed by atoms with van der Waals surface area (Å²) in [6.45, 7) is 2.51. The van der Waals surface area contributed by atoms with E-state index in [1.807, 2.05) is 53.4 Å². The molecule has 0 unspecified atom stereocenters. The molecule has 30 heavy (non-hydrogen) atoms. The minimum absolute atomic E-state index is 0.0273. The van der Waals surface area contributed by atoms with Gasteiger partial charge in [0, 0.05) is 23.8 Å². The second kappa shape index (κ2) is 9.19. The zero-order chi connectivity index (χ0) is 21.0. The summed E-state index contributed by atoms with van der Waals surface area (Å²) in [5, 5.41) is 3.77. The molecule has 1 aliphatic carbocycles. The van der Waals surface area contributed by atoms with Crippen molar-refractivity contribution >= 4 is 29.1 Å². The average Bonchev–Trinajstić information content (AvgIpc) is 3.27. The fraction of sp³-hybridized carbons (Fsp3) is 0.417. The standard InChI is InChI=1S/C24H27ClN2O3/c25-20-7-5-19(6-8-20)24(11-1-2-12-24)23(29)26-21-9-3-18(4-10-21)17-22(28)27-13-15-30-16-14-27/h3-10H,1-2,11-17H2,(H,26,29). The molecule has 1 aliphatic heterocycles. The van der Waals surface area contributed by atoms with E-state index in [0.29, 0.717) is 37.7 Å². The van der Waals surface area contributed by atoms with Crippen LogP contribution < -0.4 is 5.32 Å². The van der Waals surface area contributed by atoms with Crippen molar-refractivity contribution in [1.82, 2.24) is 4.90 Å². The Morgan fingerprint density at radius 2 is 1.60 bits per heavy atom. The van der Waals surface area contributed by atoms with Crippen LogP contribution in [0.5, 0.6) is 0 Å². The normalized spacial score (nSPS) is 18.2. The van der Waals surface area contributed by atoms with Crippen molar-refractivity contribution in [1.29, 1.82) is 0 Å². The molecule has 0 spiro atoms. The van der Waals surface area contributed by atoms with E-state index in [0.717, 1.165) is 42.5 Å². The monoisotopic (exact) mass is 426 g/mol. The number of morpholine rings is 1. The van der Waals surface area contributed by atoms with Crippen LogP contribution in [0, 0.1) is 0 Å². The van der Waals surface area contributed by atoms with Crippen LogP contribution in [0.15, 0.2) is 48.5 Å². The maximum Gasteiger partial charge on any atom is 0.235 e. The molecule has 2 aromatic rings. The van der Waals surface area contributed by atoms with Crippen LogP contribution in [0.25, 0.3) is 0 Å². The molecular formula is C24H27ClN2O3. The number of nitrogens with zero attached hydrogens (tertiary/aromatic N) is 1. The van der Waals surface area contributed by atoms with E-state index in [-0.39, 0.29) is 11.8 Å². The molecule has 1 saturated carbocycles. The van der Waals surface area contributed by atoms with Gasteiger partial charge in [-0.1, -0.05) is 48.7 Å². The summed E-state index contributed by atoms with van der Waals surface area (Å²) in [5.74, 6) is 0.141. The lowest BCUT2D eigenvalue weighted by Gasteiger charge is -2.28. The molecule has 1 N–H and O–H groups in total. The third kappa shape index (κ3) is 4.52. The minimum Gasteiger partial charge on any atom is -0.378 e. The third-order valence-corrected chi connectivity index (χ3v) is 6.47. The van der Waals surface area contributed by atoms with Gasteiger partial charge in [0.1, 0.15) is 0 Å². The Bertz CT molecular complexity index is 884. The summed E-state index contributed by atoms with van der Waals surface area (Å²) in [6, 6.07) is 15.2. The highest BCUT2D eigenvalue weighted by molar-refractivity contribution is 6.30. The predicted octanol–water partition coefficient (Wildman–Crippen LogP) is 4.19. The van der Waals surface area contributed by atoms with Gasteiger partial charge in [-0.3, -0.25) is 9.59 Å². The van der Waals surface area contributed by atoms with Crippen molar-refractivity contribution in [2.45, 2.75) is 37.5 Å². The Morgan fingerprint density at radius 1 is 0.967 bits per heavy atom. The molecule has 0 bridgehead atoms.